The standard InChI is InChI=1S/C13H9F2N3/c14-9-2-1-3-10(15)13(9)18-7-17-11-6-8(16)4-5-12(11)18/h1-7H,16H2. The second kappa shape index (κ2) is 3.80. The number of imidazole rings is 1. The van der Waals surface area contributed by atoms with Crippen molar-refractivity contribution in [2.45, 2.75) is 0 Å². The van der Waals surface area contributed by atoms with Gasteiger partial charge < -0.3 is 5.73 Å². The van der Waals surface area contributed by atoms with Gasteiger partial charge in [0.2, 0.25) is 0 Å². The molecule has 0 saturated carbocycles. The van der Waals surface area contributed by atoms with Crippen LogP contribution in [0, 0.1) is 11.6 Å². The predicted molar refractivity (Wildman–Crippen MR) is 65.4 cm³/mol. The van der Waals surface area contributed by atoms with Gasteiger partial charge in [0.15, 0.2) is 0 Å². The number of halogens is 2. The minimum absolute atomic E-state index is 0.134. The molecule has 0 aliphatic carbocycles. The Morgan fingerprint density at radius 3 is 2.50 bits per heavy atom. The van der Waals surface area contributed by atoms with Crippen LogP contribution < -0.4 is 5.73 Å². The number of hydrogen-bond acceptors (Lipinski definition) is 2. The minimum atomic E-state index is -0.633. The highest BCUT2D eigenvalue weighted by molar-refractivity contribution is 5.80. The fourth-order valence-corrected chi connectivity index (χ4v) is 1.93. The van der Waals surface area contributed by atoms with Crippen LogP contribution >= 0.6 is 0 Å². The Balaban J connectivity index is 2.32. The molecule has 1 aromatic heterocycles. The van der Waals surface area contributed by atoms with Gasteiger partial charge in [0.05, 0.1) is 11.0 Å². The van der Waals surface area contributed by atoms with Gasteiger partial charge in [-0.05, 0) is 30.3 Å². The first kappa shape index (κ1) is 10.7. The van der Waals surface area contributed by atoms with Crippen LogP contribution in [-0.2, 0) is 0 Å². The molecular formula is C13H9F2N3. The van der Waals surface area contributed by atoms with Crippen molar-refractivity contribution in [3.63, 3.8) is 0 Å². The van der Waals surface area contributed by atoms with E-state index in [1.54, 1.807) is 18.2 Å². The summed E-state index contributed by atoms with van der Waals surface area (Å²) < 4.78 is 28.8. The fraction of sp³-hybridized carbons (Fsp3) is 0. The molecule has 0 atom stereocenters. The summed E-state index contributed by atoms with van der Waals surface area (Å²) in [6, 6.07) is 8.75. The van der Waals surface area contributed by atoms with E-state index < -0.39 is 11.6 Å². The molecule has 0 spiro atoms. The molecule has 90 valence electrons. The van der Waals surface area contributed by atoms with E-state index >= 15 is 0 Å². The molecular weight excluding hydrogens is 236 g/mol. The van der Waals surface area contributed by atoms with Crippen molar-refractivity contribution in [3.8, 4) is 5.69 Å². The third-order valence-electron chi connectivity index (χ3n) is 2.75. The largest absolute Gasteiger partial charge is 0.399 e. The Morgan fingerprint density at radius 2 is 1.78 bits per heavy atom. The summed E-state index contributed by atoms with van der Waals surface area (Å²) in [6.07, 6.45) is 1.38. The Morgan fingerprint density at radius 1 is 1.06 bits per heavy atom. The Hall–Kier alpha value is -2.43. The van der Waals surface area contributed by atoms with Crippen LogP contribution in [-0.4, -0.2) is 9.55 Å². The third kappa shape index (κ3) is 1.52. The zero-order valence-corrected chi connectivity index (χ0v) is 9.27. The van der Waals surface area contributed by atoms with Gasteiger partial charge in [0.25, 0.3) is 0 Å². The summed E-state index contributed by atoms with van der Waals surface area (Å²) in [5.41, 5.74) is 7.26. The van der Waals surface area contributed by atoms with Crippen LogP contribution in [0.1, 0.15) is 0 Å². The molecule has 0 saturated heterocycles. The average molecular weight is 245 g/mol. The Labute approximate surface area is 101 Å². The number of nitrogens with zero attached hydrogens (tertiary/aromatic N) is 2. The number of para-hydroxylation sites is 1. The molecule has 1 heterocycles. The molecule has 0 unspecified atom stereocenters. The van der Waals surface area contributed by atoms with Gasteiger partial charge in [-0.1, -0.05) is 6.07 Å². The highest BCUT2D eigenvalue weighted by Gasteiger charge is 2.13. The zero-order chi connectivity index (χ0) is 12.7. The highest BCUT2D eigenvalue weighted by Crippen LogP contribution is 2.23. The minimum Gasteiger partial charge on any atom is -0.399 e. The second-order valence-electron chi connectivity index (χ2n) is 3.93. The topological polar surface area (TPSA) is 43.8 Å². The Kier molecular flexibility index (Phi) is 2.26. The molecule has 3 rings (SSSR count). The van der Waals surface area contributed by atoms with Crippen LogP contribution in [0.3, 0.4) is 0 Å². The molecule has 18 heavy (non-hydrogen) atoms. The molecule has 0 bridgehead atoms. The average Bonchev–Trinajstić information content (AvgIpc) is 2.72. The molecule has 5 heteroatoms. The van der Waals surface area contributed by atoms with Crippen molar-refractivity contribution in [2.24, 2.45) is 0 Å². The predicted octanol–water partition coefficient (Wildman–Crippen LogP) is 2.89. The van der Waals surface area contributed by atoms with E-state index in [1.165, 1.54) is 29.1 Å². The number of nitrogens with two attached hydrogens (primary N) is 1. The quantitative estimate of drug-likeness (QED) is 0.670. The van der Waals surface area contributed by atoms with Crippen LogP contribution in [0.15, 0.2) is 42.7 Å². The SMILES string of the molecule is Nc1ccc2c(c1)ncn2-c1c(F)cccc1F. The smallest absolute Gasteiger partial charge is 0.150 e. The lowest BCUT2D eigenvalue weighted by Gasteiger charge is -2.06. The van der Waals surface area contributed by atoms with Gasteiger partial charge in [-0.2, -0.15) is 0 Å². The molecule has 0 aliphatic heterocycles. The van der Waals surface area contributed by atoms with Crippen molar-refractivity contribution in [3.05, 3.63) is 54.4 Å². The van der Waals surface area contributed by atoms with Crippen LogP contribution in [0.5, 0.6) is 0 Å². The van der Waals surface area contributed by atoms with Crippen molar-refractivity contribution in [2.75, 3.05) is 5.73 Å². The summed E-state index contributed by atoms with van der Waals surface area (Å²) in [4.78, 5) is 4.09. The number of anilines is 1. The lowest BCUT2D eigenvalue weighted by molar-refractivity contribution is 0.571. The first-order valence-corrected chi connectivity index (χ1v) is 5.34. The number of fused-ring (bicyclic) bond motifs is 1. The van der Waals surface area contributed by atoms with Crippen LogP contribution in [0.2, 0.25) is 0 Å². The van der Waals surface area contributed by atoms with Crippen molar-refractivity contribution >= 4 is 16.7 Å². The number of rotatable bonds is 1. The zero-order valence-electron chi connectivity index (χ0n) is 9.27. The van der Waals surface area contributed by atoms with Crippen molar-refractivity contribution in [1.29, 1.82) is 0 Å². The molecule has 0 radical (unpaired) electrons. The van der Waals surface area contributed by atoms with Gasteiger partial charge >= 0.3 is 0 Å². The second-order valence-corrected chi connectivity index (χ2v) is 3.93. The summed E-state index contributed by atoms with van der Waals surface area (Å²) in [5.74, 6) is -1.27. The molecule has 3 nitrogen and oxygen atoms in total. The third-order valence-corrected chi connectivity index (χ3v) is 2.75. The van der Waals surface area contributed by atoms with Crippen molar-refractivity contribution < 1.29 is 8.78 Å². The fourth-order valence-electron chi connectivity index (χ4n) is 1.93. The summed E-state index contributed by atoms with van der Waals surface area (Å²) in [7, 11) is 0. The van der Waals surface area contributed by atoms with Crippen LogP contribution in [0.25, 0.3) is 16.7 Å². The molecule has 3 aromatic rings. The first-order chi connectivity index (χ1) is 8.66. The molecule has 0 aliphatic rings. The van der Waals surface area contributed by atoms with E-state index in [0.717, 1.165) is 0 Å². The van der Waals surface area contributed by atoms with Gasteiger partial charge in [0.1, 0.15) is 23.6 Å². The number of aromatic nitrogens is 2. The first-order valence-electron chi connectivity index (χ1n) is 5.34. The molecule has 2 aromatic carbocycles. The maximum Gasteiger partial charge on any atom is 0.150 e. The number of benzene rings is 2. The maximum absolute atomic E-state index is 13.7. The van der Waals surface area contributed by atoms with Crippen LogP contribution in [0.4, 0.5) is 14.5 Å². The normalized spacial score (nSPS) is 11.0. The summed E-state index contributed by atoms with van der Waals surface area (Å²) in [5, 5.41) is 0. The number of hydrogen-bond donors (Lipinski definition) is 1. The van der Waals surface area contributed by atoms with Gasteiger partial charge in [0, 0.05) is 5.69 Å². The maximum atomic E-state index is 13.7. The van der Waals surface area contributed by atoms with E-state index in [2.05, 4.69) is 4.98 Å². The monoisotopic (exact) mass is 245 g/mol. The van der Waals surface area contributed by atoms with E-state index in [-0.39, 0.29) is 5.69 Å². The van der Waals surface area contributed by atoms with Gasteiger partial charge in [-0.25, -0.2) is 13.8 Å². The lowest BCUT2D eigenvalue weighted by atomic mass is 10.2. The molecule has 2 N–H and O–H groups in total. The molecule has 0 amide bonds. The summed E-state index contributed by atoms with van der Waals surface area (Å²) in [6.45, 7) is 0. The van der Waals surface area contributed by atoms with E-state index in [9.17, 15) is 8.78 Å². The molecule has 0 fully saturated rings. The van der Waals surface area contributed by atoms with E-state index in [1.807, 2.05) is 0 Å². The van der Waals surface area contributed by atoms with Crippen molar-refractivity contribution in [1.82, 2.24) is 9.55 Å². The highest BCUT2D eigenvalue weighted by atomic mass is 19.1. The summed E-state index contributed by atoms with van der Waals surface area (Å²) >= 11 is 0. The van der Waals surface area contributed by atoms with Gasteiger partial charge in [-0.15, -0.1) is 0 Å². The van der Waals surface area contributed by atoms with E-state index in [0.29, 0.717) is 16.7 Å². The Bertz CT molecular complexity index is 714. The van der Waals surface area contributed by atoms with Gasteiger partial charge in [-0.3, -0.25) is 4.57 Å². The van der Waals surface area contributed by atoms with E-state index in [4.69, 9.17) is 5.73 Å². The number of nitrogen functional groups attached to an aromatic ring is 1. The lowest BCUT2D eigenvalue weighted by Crippen LogP contribution is -1.99.